The number of pyridine rings is 1. The minimum atomic E-state index is -1.05. The van der Waals surface area contributed by atoms with Gasteiger partial charge in [-0.15, -0.1) is 0 Å². The van der Waals surface area contributed by atoms with Gasteiger partial charge in [0.05, 0.1) is 6.61 Å². The maximum absolute atomic E-state index is 10.8. The van der Waals surface area contributed by atoms with Crippen LogP contribution in [0.5, 0.6) is 0 Å². The van der Waals surface area contributed by atoms with Crippen LogP contribution in [0.2, 0.25) is 0 Å². The number of carbonyl (C=O) groups is 1. The van der Waals surface area contributed by atoms with Crippen LogP contribution in [-0.2, 0) is 0 Å². The highest BCUT2D eigenvalue weighted by Gasteiger charge is 2.15. The summed E-state index contributed by atoms with van der Waals surface area (Å²) in [7, 11) is 0. The Morgan fingerprint density at radius 1 is 1.65 bits per heavy atom. The van der Waals surface area contributed by atoms with E-state index in [9.17, 15) is 4.79 Å². The van der Waals surface area contributed by atoms with E-state index < -0.39 is 5.97 Å². The first-order valence-corrected chi connectivity index (χ1v) is 6.46. The predicted molar refractivity (Wildman–Crippen MR) is 68.7 cm³/mol. The maximum atomic E-state index is 10.8. The van der Waals surface area contributed by atoms with Crippen molar-refractivity contribution in [2.24, 2.45) is 0 Å². The molecule has 2 atom stereocenters. The molecule has 94 valence electrons. The van der Waals surface area contributed by atoms with E-state index in [0.717, 1.165) is 0 Å². The fourth-order valence-corrected chi connectivity index (χ4v) is 2.06. The van der Waals surface area contributed by atoms with Gasteiger partial charge in [0.15, 0.2) is 0 Å². The lowest BCUT2D eigenvalue weighted by Crippen LogP contribution is -2.31. The molecule has 1 aromatic rings. The Morgan fingerprint density at radius 2 is 2.35 bits per heavy atom. The molecule has 0 saturated carbocycles. The van der Waals surface area contributed by atoms with Gasteiger partial charge in [-0.05, 0) is 25.3 Å². The molecule has 0 bridgehead atoms. The standard InChI is InChI=1S/C11H16N2O3S/c1-7(10(6-14)17-2)13-8-3-4-12-9(5-8)11(15)16/h3-5,7,10,14H,6H2,1-2H3,(H,12,13)(H,15,16). The van der Waals surface area contributed by atoms with Gasteiger partial charge in [-0.1, -0.05) is 0 Å². The fourth-order valence-electron chi connectivity index (χ4n) is 1.43. The normalized spacial score (nSPS) is 14.1. The molecule has 6 heteroatoms. The van der Waals surface area contributed by atoms with Crippen LogP contribution < -0.4 is 5.32 Å². The Morgan fingerprint density at radius 3 is 2.88 bits per heavy atom. The Hall–Kier alpha value is -1.27. The minimum absolute atomic E-state index is 0.00639. The van der Waals surface area contributed by atoms with E-state index >= 15 is 0 Å². The van der Waals surface area contributed by atoms with Crippen molar-refractivity contribution < 1.29 is 15.0 Å². The lowest BCUT2D eigenvalue weighted by atomic mass is 10.2. The van der Waals surface area contributed by atoms with Crippen LogP contribution in [0.25, 0.3) is 0 Å². The van der Waals surface area contributed by atoms with Gasteiger partial charge in [0.25, 0.3) is 0 Å². The molecule has 1 rings (SSSR count). The predicted octanol–water partition coefficient (Wildman–Crippen LogP) is 1.30. The monoisotopic (exact) mass is 256 g/mol. The van der Waals surface area contributed by atoms with Gasteiger partial charge in [-0.25, -0.2) is 9.78 Å². The van der Waals surface area contributed by atoms with Crippen LogP contribution in [0.3, 0.4) is 0 Å². The SMILES string of the molecule is CSC(CO)C(C)Nc1ccnc(C(=O)O)c1. The van der Waals surface area contributed by atoms with E-state index in [1.807, 2.05) is 13.2 Å². The van der Waals surface area contributed by atoms with Crippen LogP contribution >= 0.6 is 11.8 Å². The van der Waals surface area contributed by atoms with Crippen molar-refractivity contribution in [3.8, 4) is 0 Å². The van der Waals surface area contributed by atoms with Gasteiger partial charge < -0.3 is 15.5 Å². The number of aromatic carboxylic acids is 1. The second kappa shape index (κ2) is 6.46. The highest BCUT2D eigenvalue weighted by molar-refractivity contribution is 7.99. The van der Waals surface area contributed by atoms with Gasteiger partial charge in [-0.3, -0.25) is 0 Å². The number of nitrogens with one attached hydrogen (secondary N) is 1. The molecule has 0 amide bonds. The summed E-state index contributed by atoms with van der Waals surface area (Å²) in [6.07, 6.45) is 3.37. The number of carboxylic acid groups (broad SMARTS) is 1. The Balaban J connectivity index is 2.74. The van der Waals surface area contributed by atoms with Crippen molar-refractivity contribution in [3.05, 3.63) is 24.0 Å². The molecule has 0 radical (unpaired) electrons. The summed E-state index contributed by atoms with van der Waals surface area (Å²) in [5.41, 5.74) is 0.698. The highest BCUT2D eigenvalue weighted by atomic mass is 32.2. The lowest BCUT2D eigenvalue weighted by molar-refractivity contribution is 0.0690. The third kappa shape index (κ3) is 3.90. The first-order chi connectivity index (χ1) is 8.08. The smallest absolute Gasteiger partial charge is 0.354 e. The van der Waals surface area contributed by atoms with Gasteiger partial charge >= 0.3 is 5.97 Å². The van der Waals surface area contributed by atoms with Crippen LogP contribution in [0.4, 0.5) is 5.69 Å². The average molecular weight is 256 g/mol. The number of aromatic nitrogens is 1. The van der Waals surface area contributed by atoms with Crippen molar-refractivity contribution in [1.82, 2.24) is 4.98 Å². The van der Waals surface area contributed by atoms with E-state index in [2.05, 4.69) is 10.3 Å². The number of aliphatic hydroxyl groups is 1. The molecule has 0 aromatic carbocycles. The number of rotatable bonds is 6. The number of hydrogen-bond donors (Lipinski definition) is 3. The van der Waals surface area contributed by atoms with E-state index in [4.69, 9.17) is 10.2 Å². The van der Waals surface area contributed by atoms with Crippen molar-refractivity contribution >= 4 is 23.4 Å². The summed E-state index contributed by atoms with van der Waals surface area (Å²) in [5, 5.41) is 21.2. The van der Waals surface area contributed by atoms with Crippen molar-refractivity contribution in [3.63, 3.8) is 0 Å². The molecule has 0 aliphatic carbocycles. The van der Waals surface area contributed by atoms with E-state index in [1.165, 1.54) is 12.3 Å². The Kier molecular flexibility index (Phi) is 5.24. The van der Waals surface area contributed by atoms with Gasteiger partial charge in [-0.2, -0.15) is 11.8 Å². The highest BCUT2D eigenvalue weighted by Crippen LogP contribution is 2.16. The minimum Gasteiger partial charge on any atom is -0.477 e. The zero-order valence-corrected chi connectivity index (χ0v) is 10.6. The average Bonchev–Trinajstić information content (AvgIpc) is 2.30. The van der Waals surface area contributed by atoms with Crippen LogP contribution in [0.1, 0.15) is 17.4 Å². The molecule has 0 fully saturated rings. The number of anilines is 1. The molecule has 5 nitrogen and oxygen atoms in total. The maximum Gasteiger partial charge on any atom is 0.354 e. The second-order valence-electron chi connectivity index (χ2n) is 3.62. The van der Waals surface area contributed by atoms with E-state index in [1.54, 1.807) is 17.8 Å². The summed E-state index contributed by atoms with van der Waals surface area (Å²) in [4.78, 5) is 14.5. The van der Waals surface area contributed by atoms with Crippen molar-refractivity contribution in [1.29, 1.82) is 0 Å². The molecule has 0 aliphatic rings. The number of hydrogen-bond acceptors (Lipinski definition) is 5. The first-order valence-electron chi connectivity index (χ1n) is 5.18. The number of thioether (sulfide) groups is 1. The third-order valence-corrected chi connectivity index (χ3v) is 3.58. The molecule has 17 heavy (non-hydrogen) atoms. The van der Waals surface area contributed by atoms with Gasteiger partial charge in [0.1, 0.15) is 5.69 Å². The second-order valence-corrected chi connectivity index (χ2v) is 4.70. The molecule has 2 unspecified atom stereocenters. The zero-order chi connectivity index (χ0) is 12.8. The van der Waals surface area contributed by atoms with Crippen LogP contribution in [0.15, 0.2) is 18.3 Å². The fraction of sp³-hybridized carbons (Fsp3) is 0.455. The quantitative estimate of drug-likeness (QED) is 0.711. The number of aliphatic hydroxyl groups excluding tert-OH is 1. The Bertz CT molecular complexity index is 383. The first kappa shape index (κ1) is 13.8. The summed E-state index contributed by atoms with van der Waals surface area (Å²) in [5.74, 6) is -1.05. The van der Waals surface area contributed by atoms with E-state index in [0.29, 0.717) is 5.69 Å². The lowest BCUT2D eigenvalue weighted by Gasteiger charge is -2.22. The molecule has 3 N–H and O–H groups in total. The molecule has 0 spiro atoms. The van der Waals surface area contributed by atoms with Crippen molar-refractivity contribution in [2.45, 2.75) is 18.2 Å². The molecule has 1 aromatic heterocycles. The van der Waals surface area contributed by atoms with Crippen LogP contribution in [-0.4, -0.2) is 45.3 Å². The molecule has 1 heterocycles. The summed E-state index contributed by atoms with van der Waals surface area (Å²) in [6, 6.07) is 3.23. The molecule has 0 saturated heterocycles. The van der Waals surface area contributed by atoms with Gasteiger partial charge in [0, 0.05) is 23.2 Å². The largest absolute Gasteiger partial charge is 0.477 e. The van der Waals surface area contributed by atoms with Crippen LogP contribution in [0, 0.1) is 0 Å². The number of carboxylic acids is 1. The van der Waals surface area contributed by atoms with E-state index in [-0.39, 0.29) is 23.6 Å². The molecule has 0 aliphatic heterocycles. The van der Waals surface area contributed by atoms with Crippen molar-refractivity contribution in [2.75, 3.05) is 18.2 Å². The summed E-state index contributed by atoms with van der Waals surface area (Å²) >= 11 is 1.56. The summed E-state index contributed by atoms with van der Waals surface area (Å²) < 4.78 is 0. The van der Waals surface area contributed by atoms with Gasteiger partial charge in [0.2, 0.25) is 0 Å². The summed E-state index contributed by atoms with van der Waals surface area (Å²) in [6.45, 7) is 2.02. The molecular weight excluding hydrogens is 240 g/mol. The zero-order valence-electron chi connectivity index (χ0n) is 9.75. The topological polar surface area (TPSA) is 82.5 Å². The molecular formula is C11H16N2O3S. The Labute approximate surface area is 104 Å². The number of nitrogens with zero attached hydrogens (tertiary/aromatic N) is 1. The third-order valence-electron chi connectivity index (χ3n) is 2.41.